The third kappa shape index (κ3) is 7.17. The van der Waals surface area contributed by atoms with Gasteiger partial charge >= 0.3 is 6.09 Å². The Morgan fingerprint density at radius 1 is 1.23 bits per heavy atom. The Hall–Kier alpha value is -2.18. The summed E-state index contributed by atoms with van der Waals surface area (Å²) in [5, 5.41) is -0.00417. The molecule has 1 heterocycles. The van der Waals surface area contributed by atoms with E-state index in [1.54, 1.807) is 0 Å². The first kappa shape index (κ1) is 29.0. The van der Waals surface area contributed by atoms with Crippen molar-refractivity contribution in [1.29, 1.82) is 0 Å². The zero-order valence-corrected chi connectivity index (χ0v) is 23.9. The highest BCUT2D eigenvalue weighted by molar-refractivity contribution is 6.74. The van der Waals surface area contributed by atoms with Crippen LogP contribution >= 0.6 is 0 Å². The molecule has 6 heteroatoms. The van der Waals surface area contributed by atoms with Crippen LogP contribution in [0.5, 0.6) is 0 Å². The monoisotopic (exact) mass is 499 g/mol. The summed E-state index contributed by atoms with van der Waals surface area (Å²) in [6.07, 6.45) is 9.37. The molecule has 1 aromatic carbocycles. The molecule has 0 radical (unpaired) electrons. The van der Waals surface area contributed by atoms with Crippen LogP contribution in [0.4, 0.5) is 4.79 Å². The molecule has 0 bridgehead atoms. The van der Waals surface area contributed by atoms with E-state index >= 15 is 0 Å². The van der Waals surface area contributed by atoms with Crippen molar-refractivity contribution in [1.82, 2.24) is 4.90 Å². The summed E-state index contributed by atoms with van der Waals surface area (Å²) in [6.45, 7) is 17.7. The molecule has 1 saturated heterocycles. The second-order valence-electron chi connectivity index (χ2n) is 10.9. The summed E-state index contributed by atoms with van der Waals surface area (Å²) in [6, 6.07) is 9.58. The number of hydrogen-bond donors (Lipinski definition) is 0. The highest BCUT2D eigenvalue weighted by atomic mass is 28.4. The van der Waals surface area contributed by atoms with Gasteiger partial charge in [-0.25, -0.2) is 9.69 Å². The SMILES string of the molecule is C/C=C/[C@H](C(=O)N1C(=O)OC[C@@H]1Cc1ccccc1)[C@@H](/C=C/CCC)O[Si](C)(C)C(C)(C)C(C)C. The smallest absolute Gasteiger partial charge is 0.417 e. The number of allylic oxidation sites excluding steroid dienone is 2. The molecule has 1 fully saturated rings. The molecule has 2 amide bonds. The molecular formula is C29H45NO4Si. The Balaban J connectivity index is 2.40. The lowest BCUT2D eigenvalue weighted by molar-refractivity contribution is -0.133. The van der Waals surface area contributed by atoms with Crippen LogP contribution in [-0.4, -0.2) is 44.0 Å². The number of unbranched alkanes of at least 4 members (excludes halogenated alkanes) is 1. The fourth-order valence-electron chi connectivity index (χ4n) is 4.28. The normalized spacial score (nSPS) is 19.1. The standard InChI is InChI=1S/C29H45NO4Si/c1-9-11-13-19-26(34-35(7,8)29(5,6)22(3)4)25(16-10-2)27(31)30-24(21-33-28(30)32)20-23-17-14-12-15-18-23/h10,12-19,22,24-26H,9,11,20-21H2,1-8H3/b16-10+,19-13+/t24-,25-,26+/m0/s1. The van der Waals surface area contributed by atoms with Crippen LogP contribution in [0.3, 0.4) is 0 Å². The van der Waals surface area contributed by atoms with Crippen LogP contribution < -0.4 is 0 Å². The number of nitrogens with zero attached hydrogens (tertiary/aromatic N) is 1. The Morgan fingerprint density at radius 2 is 1.89 bits per heavy atom. The fraction of sp³-hybridized carbons (Fsp3) is 0.586. The number of rotatable bonds is 12. The molecule has 1 aromatic rings. The van der Waals surface area contributed by atoms with Gasteiger partial charge in [0.05, 0.1) is 18.1 Å². The Labute approximate surface area is 213 Å². The number of hydrogen-bond acceptors (Lipinski definition) is 4. The van der Waals surface area contributed by atoms with Crippen molar-refractivity contribution in [3.8, 4) is 0 Å². The lowest BCUT2D eigenvalue weighted by Gasteiger charge is -2.45. The molecule has 3 atom stereocenters. The highest BCUT2D eigenvalue weighted by Crippen LogP contribution is 2.45. The molecule has 0 unspecified atom stereocenters. The summed E-state index contributed by atoms with van der Waals surface area (Å²) in [5.41, 5.74) is 1.07. The number of carbonyl (C=O) groups is 2. The Morgan fingerprint density at radius 3 is 2.46 bits per heavy atom. The zero-order chi connectivity index (χ0) is 26.2. The third-order valence-corrected chi connectivity index (χ3v) is 12.3. The summed E-state index contributed by atoms with van der Waals surface area (Å²) < 4.78 is 12.3. The lowest BCUT2D eigenvalue weighted by atomic mass is 9.97. The van der Waals surface area contributed by atoms with Crippen molar-refractivity contribution in [2.75, 3.05) is 6.61 Å². The van der Waals surface area contributed by atoms with Crippen LogP contribution in [0.2, 0.25) is 18.1 Å². The van der Waals surface area contributed by atoms with Gasteiger partial charge in [-0.2, -0.15) is 0 Å². The van der Waals surface area contributed by atoms with E-state index in [0.717, 1.165) is 18.4 Å². The van der Waals surface area contributed by atoms with Crippen molar-refractivity contribution in [3.63, 3.8) is 0 Å². The number of imide groups is 1. The molecule has 0 N–H and O–H groups in total. The van der Waals surface area contributed by atoms with Crippen LogP contribution in [0, 0.1) is 11.8 Å². The van der Waals surface area contributed by atoms with E-state index in [1.165, 1.54) is 4.90 Å². The van der Waals surface area contributed by atoms with Gasteiger partial charge in [0.25, 0.3) is 0 Å². The summed E-state index contributed by atoms with van der Waals surface area (Å²) in [4.78, 5) is 28.0. The second-order valence-corrected chi connectivity index (χ2v) is 15.4. The molecule has 2 rings (SSSR count). The number of carbonyl (C=O) groups excluding carboxylic acids is 2. The van der Waals surface area contributed by atoms with Crippen LogP contribution in [-0.2, 0) is 20.4 Å². The molecule has 1 aliphatic rings. The van der Waals surface area contributed by atoms with Gasteiger partial charge < -0.3 is 9.16 Å². The number of amides is 2. The number of cyclic esters (lactones) is 1. The molecule has 0 aromatic heterocycles. The van der Waals surface area contributed by atoms with E-state index in [0.29, 0.717) is 12.3 Å². The predicted molar refractivity (Wildman–Crippen MR) is 146 cm³/mol. The van der Waals surface area contributed by atoms with E-state index in [4.69, 9.17) is 9.16 Å². The topological polar surface area (TPSA) is 55.8 Å². The number of ether oxygens (including phenoxy) is 1. The van der Waals surface area contributed by atoms with Crippen LogP contribution in [0.25, 0.3) is 0 Å². The molecule has 1 aliphatic heterocycles. The van der Waals surface area contributed by atoms with E-state index in [-0.39, 0.29) is 23.6 Å². The van der Waals surface area contributed by atoms with Gasteiger partial charge in [0, 0.05) is 0 Å². The number of benzene rings is 1. The van der Waals surface area contributed by atoms with Gasteiger partial charge in [-0.15, -0.1) is 0 Å². The van der Waals surface area contributed by atoms with E-state index in [9.17, 15) is 9.59 Å². The molecule has 194 valence electrons. The second kappa shape index (κ2) is 12.7. The maximum atomic E-state index is 14.0. The van der Waals surface area contributed by atoms with Gasteiger partial charge in [-0.05, 0) is 49.4 Å². The van der Waals surface area contributed by atoms with Gasteiger partial charge in [0.15, 0.2) is 8.32 Å². The van der Waals surface area contributed by atoms with Crippen LogP contribution in [0.15, 0.2) is 54.6 Å². The van der Waals surface area contributed by atoms with Crippen LogP contribution in [0.1, 0.15) is 59.9 Å². The summed E-state index contributed by atoms with van der Waals surface area (Å²) >= 11 is 0. The van der Waals surface area contributed by atoms with Crippen molar-refractivity contribution in [2.24, 2.45) is 11.8 Å². The average Bonchev–Trinajstić information content (AvgIpc) is 3.16. The van der Waals surface area contributed by atoms with Crippen molar-refractivity contribution < 1.29 is 18.8 Å². The highest BCUT2D eigenvalue weighted by Gasteiger charge is 2.47. The maximum Gasteiger partial charge on any atom is 0.417 e. The third-order valence-electron chi connectivity index (χ3n) is 7.76. The van der Waals surface area contributed by atoms with Gasteiger partial charge in [0.1, 0.15) is 6.61 Å². The lowest BCUT2D eigenvalue weighted by Crippen LogP contribution is -2.51. The minimum absolute atomic E-state index is 0.00417. The van der Waals surface area contributed by atoms with Crippen molar-refractivity contribution >= 4 is 20.3 Å². The summed E-state index contributed by atoms with van der Waals surface area (Å²) in [7, 11) is -2.26. The van der Waals surface area contributed by atoms with E-state index in [1.807, 2.05) is 55.5 Å². The predicted octanol–water partition coefficient (Wildman–Crippen LogP) is 7.15. The quantitative estimate of drug-likeness (QED) is 0.226. The molecule has 0 saturated carbocycles. The molecule has 35 heavy (non-hydrogen) atoms. The van der Waals surface area contributed by atoms with Crippen molar-refractivity contribution in [3.05, 3.63) is 60.2 Å². The largest absolute Gasteiger partial charge is 0.447 e. The first-order chi connectivity index (χ1) is 16.5. The first-order valence-electron chi connectivity index (χ1n) is 13.0. The fourth-order valence-corrected chi connectivity index (χ4v) is 6.88. The van der Waals surface area contributed by atoms with Crippen molar-refractivity contribution in [2.45, 2.75) is 91.1 Å². The van der Waals surface area contributed by atoms with E-state index in [2.05, 4.69) is 53.8 Å². The molecular weight excluding hydrogens is 454 g/mol. The van der Waals surface area contributed by atoms with Gasteiger partial charge in [-0.3, -0.25) is 4.79 Å². The Bertz CT molecular complexity index is 891. The minimum Gasteiger partial charge on any atom is -0.447 e. The molecule has 0 spiro atoms. The van der Waals surface area contributed by atoms with Gasteiger partial charge in [0.2, 0.25) is 5.91 Å². The zero-order valence-electron chi connectivity index (χ0n) is 22.9. The van der Waals surface area contributed by atoms with E-state index < -0.39 is 26.4 Å². The average molecular weight is 500 g/mol. The first-order valence-corrected chi connectivity index (χ1v) is 15.9. The summed E-state index contributed by atoms with van der Waals surface area (Å²) in [5.74, 6) is -0.430. The minimum atomic E-state index is -2.26. The maximum absolute atomic E-state index is 14.0. The molecule has 0 aliphatic carbocycles. The molecule has 5 nitrogen and oxygen atoms in total. The Kier molecular flexibility index (Phi) is 10.5. The van der Waals surface area contributed by atoms with Gasteiger partial charge in [-0.1, -0.05) is 95.7 Å².